The Labute approximate surface area is 337 Å². The van der Waals surface area contributed by atoms with Crippen LogP contribution in [0.1, 0.15) is 114 Å². The minimum Gasteiger partial charge on any atom is -0.460 e. The number of esters is 1. The monoisotopic (exact) mass is 790 g/mol. The number of ether oxygens (including phenoxy) is 2. The van der Waals surface area contributed by atoms with Gasteiger partial charge in [0, 0.05) is 36.8 Å². The third kappa shape index (κ3) is 8.55. The van der Waals surface area contributed by atoms with Gasteiger partial charge < -0.3 is 29.6 Å². The molecule has 0 spiro atoms. The molecular formula is C46H70N2O7Si. The first kappa shape index (κ1) is 44.1. The van der Waals surface area contributed by atoms with E-state index in [4.69, 9.17) is 13.9 Å². The molecule has 10 heteroatoms. The molecule has 2 bridgehead atoms. The highest BCUT2D eigenvalue weighted by molar-refractivity contribution is 6.99. The van der Waals surface area contributed by atoms with Gasteiger partial charge in [-0.25, -0.2) is 9.59 Å². The van der Waals surface area contributed by atoms with Crippen molar-refractivity contribution >= 4 is 36.5 Å². The lowest BCUT2D eigenvalue weighted by Crippen LogP contribution is -2.67. The zero-order chi connectivity index (χ0) is 41.2. The van der Waals surface area contributed by atoms with E-state index in [1.165, 1.54) is 0 Å². The Hall–Kier alpha value is -3.05. The zero-order valence-corrected chi connectivity index (χ0v) is 36.8. The van der Waals surface area contributed by atoms with Crippen LogP contribution in [0.4, 0.5) is 4.79 Å². The molecule has 310 valence electrons. The summed E-state index contributed by atoms with van der Waals surface area (Å²) in [6, 6.07) is 20.6. The first-order valence-electron chi connectivity index (χ1n) is 21.1. The Morgan fingerprint density at radius 1 is 0.929 bits per heavy atom. The largest absolute Gasteiger partial charge is 0.460 e. The van der Waals surface area contributed by atoms with Crippen LogP contribution in [-0.4, -0.2) is 75.3 Å². The number of nitrogens with one attached hydrogen (secondary N) is 2. The van der Waals surface area contributed by atoms with Crippen LogP contribution in [0.5, 0.6) is 0 Å². The molecule has 1 amide bonds. The molecule has 0 heterocycles. The molecule has 8 atom stereocenters. The lowest BCUT2D eigenvalue weighted by molar-refractivity contribution is -0.214. The molecule has 1 unspecified atom stereocenters. The van der Waals surface area contributed by atoms with Crippen LogP contribution in [0.15, 0.2) is 60.7 Å². The summed E-state index contributed by atoms with van der Waals surface area (Å²) in [4.78, 5) is 40.9. The molecule has 5 rings (SSSR count). The van der Waals surface area contributed by atoms with Crippen LogP contribution in [0, 0.1) is 34.0 Å². The molecular weight excluding hydrogens is 721 g/mol. The maximum Gasteiger partial charge on any atom is 0.407 e. The minimum absolute atomic E-state index is 0.127. The maximum atomic E-state index is 14.4. The maximum absolute atomic E-state index is 14.4. The Bertz CT molecular complexity index is 1620. The van der Waals surface area contributed by atoms with Crippen LogP contribution < -0.4 is 21.0 Å². The number of carbonyl (C=O) groups excluding carboxylic acids is 3. The van der Waals surface area contributed by atoms with Crippen LogP contribution in [0.2, 0.25) is 5.04 Å². The van der Waals surface area contributed by atoms with E-state index >= 15 is 0 Å². The number of aliphatic hydroxyl groups is 1. The Morgan fingerprint density at radius 3 is 2.09 bits per heavy atom. The van der Waals surface area contributed by atoms with Crippen molar-refractivity contribution in [1.29, 1.82) is 0 Å². The fraction of sp³-hybridized carbons (Fsp3) is 0.674. The van der Waals surface area contributed by atoms with Gasteiger partial charge in [-0.2, -0.15) is 0 Å². The third-order valence-electron chi connectivity index (χ3n) is 14.1. The highest BCUT2D eigenvalue weighted by Crippen LogP contribution is 2.68. The van der Waals surface area contributed by atoms with Crippen molar-refractivity contribution in [1.82, 2.24) is 10.6 Å². The van der Waals surface area contributed by atoms with Crippen molar-refractivity contribution in [3.8, 4) is 0 Å². The van der Waals surface area contributed by atoms with Crippen molar-refractivity contribution in [2.24, 2.45) is 34.0 Å². The Morgan fingerprint density at radius 2 is 1.54 bits per heavy atom. The lowest BCUT2D eigenvalue weighted by Gasteiger charge is -2.62. The van der Waals surface area contributed by atoms with Gasteiger partial charge in [-0.05, 0) is 98.0 Å². The van der Waals surface area contributed by atoms with Crippen molar-refractivity contribution in [2.45, 2.75) is 137 Å². The summed E-state index contributed by atoms with van der Waals surface area (Å²) >= 11 is 0. The standard InChI is InChI=1S/C46H70N2O7Si/c1-11-44(9)29-37(54-38(50)31-53-56(43(6,7)8,33-19-14-12-15-20-33)34-21-16-13-17-22-34)45(10)32(2)23-25-46(26-24-36(49)39(45)46)35(40(44)51)30-47-27-18-28-48-41(52)55-42(3,4)5/h12-17,19-22,32,35,37,39-40,47,51H,11,18,23-31H2,1-10H3,(H,48,52)/t32-,35-,37-,39?,40+,44+,45+,46+/m1/s1. The fourth-order valence-electron chi connectivity index (χ4n) is 10.9. The molecule has 3 aliphatic rings. The number of Topliss-reactive ketones (excluding diaryl/α,β-unsaturated/α-hetero) is 1. The van der Waals surface area contributed by atoms with Crippen molar-refractivity contribution in [3.05, 3.63) is 60.7 Å². The van der Waals surface area contributed by atoms with Gasteiger partial charge in [-0.3, -0.25) is 4.79 Å². The first-order valence-corrected chi connectivity index (χ1v) is 23.0. The number of carbonyl (C=O) groups is 3. The molecule has 2 aromatic carbocycles. The molecule has 0 aromatic heterocycles. The summed E-state index contributed by atoms with van der Waals surface area (Å²) in [6.07, 6.45) is 3.04. The first-order chi connectivity index (χ1) is 26.2. The number of rotatable bonds is 13. The SMILES string of the molecule is CC[C@@]1(C)C[C@@H](OC(=O)CO[Si](c2ccccc2)(c2ccccc2)C(C)(C)C)[C@@]2(C)C3C(=O)CC[C@@]3(CC[C@H]2C)[C@H](CNCCCNC(=O)OC(C)(C)C)[C@@H]1O. The molecule has 9 nitrogen and oxygen atoms in total. The number of amides is 1. The second-order valence-electron chi connectivity index (χ2n) is 19.6. The van der Waals surface area contributed by atoms with Gasteiger partial charge >= 0.3 is 12.1 Å². The van der Waals surface area contributed by atoms with Gasteiger partial charge in [0.05, 0.1) is 6.10 Å². The smallest absolute Gasteiger partial charge is 0.407 e. The number of hydrogen-bond donors (Lipinski definition) is 3. The second-order valence-corrected chi connectivity index (χ2v) is 23.9. The van der Waals surface area contributed by atoms with Crippen LogP contribution >= 0.6 is 0 Å². The molecule has 3 N–H and O–H groups in total. The van der Waals surface area contributed by atoms with E-state index in [1.54, 1.807) is 0 Å². The van der Waals surface area contributed by atoms with Gasteiger partial charge in [0.25, 0.3) is 8.32 Å². The number of alkyl carbamates (subject to hydrolysis) is 1. The summed E-state index contributed by atoms with van der Waals surface area (Å²) < 4.78 is 19.1. The topological polar surface area (TPSA) is 123 Å². The summed E-state index contributed by atoms with van der Waals surface area (Å²) in [6.45, 7) is 22.2. The summed E-state index contributed by atoms with van der Waals surface area (Å²) in [5, 5.41) is 20.9. The molecule has 56 heavy (non-hydrogen) atoms. The average Bonchev–Trinajstić information content (AvgIpc) is 3.49. The van der Waals surface area contributed by atoms with Crippen molar-refractivity contribution in [2.75, 3.05) is 26.2 Å². The van der Waals surface area contributed by atoms with E-state index in [2.05, 4.69) is 83.4 Å². The number of ketones is 1. The summed E-state index contributed by atoms with van der Waals surface area (Å²) in [5.74, 6) is -0.579. The number of benzene rings is 2. The van der Waals surface area contributed by atoms with Gasteiger partial charge in [-0.15, -0.1) is 0 Å². The van der Waals surface area contributed by atoms with Crippen LogP contribution in [-0.2, 0) is 23.5 Å². The third-order valence-corrected chi connectivity index (χ3v) is 19.1. The van der Waals surface area contributed by atoms with E-state index in [1.807, 2.05) is 57.2 Å². The van der Waals surface area contributed by atoms with Gasteiger partial charge in [0.15, 0.2) is 0 Å². The Balaban J connectivity index is 1.41. The fourth-order valence-corrected chi connectivity index (χ4v) is 15.4. The van der Waals surface area contributed by atoms with Crippen molar-refractivity contribution < 1.29 is 33.4 Å². The molecule has 0 aliphatic heterocycles. The molecule has 3 aliphatic carbocycles. The molecule has 2 aromatic rings. The predicted molar refractivity (Wildman–Crippen MR) is 224 cm³/mol. The van der Waals surface area contributed by atoms with E-state index in [0.717, 1.165) is 29.6 Å². The van der Waals surface area contributed by atoms with Gasteiger partial charge in [0.1, 0.15) is 24.1 Å². The summed E-state index contributed by atoms with van der Waals surface area (Å²) in [7, 11) is -3.01. The molecule has 3 fully saturated rings. The second kappa shape index (κ2) is 17.0. The van der Waals surface area contributed by atoms with E-state index in [9.17, 15) is 19.5 Å². The van der Waals surface area contributed by atoms with E-state index in [0.29, 0.717) is 45.3 Å². The van der Waals surface area contributed by atoms with Crippen LogP contribution in [0.3, 0.4) is 0 Å². The number of hydrogen-bond acceptors (Lipinski definition) is 8. The molecule has 3 saturated carbocycles. The minimum atomic E-state index is -3.01. The molecule has 0 radical (unpaired) electrons. The molecule has 0 saturated heterocycles. The van der Waals surface area contributed by atoms with Gasteiger partial charge in [-0.1, -0.05) is 109 Å². The Kier molecular flexibility index (Phi) is 13.4. The highest BCUT2D eigenvalue weighted by Gasteiger charge is 2.69. The lowest BCUT2D eigenvalue weighted by atomic mass is 9.43. The van der Waals surface area contributed by atoms with E-state index < -0.39 is 54.4 Å². The summed E-state index contributed by atoms with van der Waals surface area (Å²) in [5.41, 5.74) is -2.17. The zero-order valence-electron chi connectivity index (χ0n) is 35.8. The average molecular weight is 791 g/mol. The highest BCUT2D eigenvalue weighted by atomic mass is 28.4. The van der Waals surface area contributed by atoms with Crippen LogP contribution in [0.25, 0.3) is 0 Å². The predicted octanol–water partition coefficient (Wildman–Crippen LogP) is 7.18. The van der Waals surface area contributed by atoms with Gasteiger partial charge in [0.2, 0.25) is 0 Å². The normalized spacial score (nSPS) is 30.8. The van der Waals surface area contributed by atoms with Crippen molar-refractivity contribution in [3.63, 3.8) is 0 Å². The van der Waals surface area contributed by atoms with E-state index in [-0.39, 0.29) is 35.2 Å². The number of aliphatic hydroxyl groups excluding tert-OH is 1. The quantitative estimate of drug-likeness (QED) is 0.111.